The summed E-state index contributed by atoms with van der Waals surface area (Å²) in [6.45, 7) is 1.47. The molecule has 2 aromatic carbocycles. The number of hydrogen-bond acceptors (Lipinski definition) is 2. The molecule has 0 bridgehead atoms. The van der Waals surface area contributed by atoms with Gasteiger partial charge >= 0.3 is 0 Å². The van der Waals surface area contributed by atoms with Crippen molar-refractivity contribution in [3.05, 3.63) is 69.3 Å². The lowest BCUT2D eigenvalue weighted by molar-refractivity contribution is -0.133. The monoisotopic (exact) mass is 415 g/mol. The zero-order valence-electron chi connectivity index (χ0n) is 16.0. The van der Waals surface area contributed by atoms with Gasteiger partial charge in [0.15, 0.2) is 0 Å². The van der Waals surface area contributed by atoms with Crippen LogP contribution < -0.4 is 0 Å². The van der Waals surface area contributed by atoms with Gasteiger partial charge < -0.3 is 14.8 Å². The molecule has 1 aromatic heterocycles. The first-order chi connectivity index (χ1) is 13.4. The van der Waals surface area contributed by atoms with E-state index >= 15 is 0 Å². The zero-order chi connectivity index (χ0) is 19.8. The van der Waals surface area contributed by atoms with Crippen LogP contribution in [-0.4, -0.2) is 47.9 Å². The third-order valence-electron chi connectivity index (χ3n) is 5.37. The summed E-state index contributed by atoms with van der Waals surface area (Å²) >= 11 is 12.3. The minimum atomic E-state index is -0.00951. The number of H-pyrrole nitrogens is 1. The Hall–Kier alpha value is -2.01. The van der Waals surface area contributed by atoms with Gasteiger partial charge in [-0.2, -0.15) is 0 Å². The second-order valence-electron chi connectivity index (χ2n) is 7.59. The molecule has 146 valence electrons. The number of nitrogens with one attached hydrogen (secondary N) is 1. The topological polar surface area (TPSA) is 39.3 Å². The minimum absolute atomic E-state index is 0.00951. The molecule has 1 amide bonds. The van der Waals surface area contributed by atoms with Gasteiger partial charge in [0, 0.05) is 39.7 Å². The Balaban J connectivity index is 1.67. The molecule has 1 atom stereocenters. The number of benzene rings is 2. The van der Waals surface area contributed by atoms with Crippen molar-refractivity contribution in [2.45, 2.75) is 18.9 Å². The molecule has 1 aliphatic heterocycles. The van der Waals surface area contributed by atoms with Gasteiger partial charge in [-0.3, -0.25) is 4.79 Å². The highest BCUT2D eigenvalue weighted by atomic mass is 35.5. The normalized spacial score (nSPS) is 16.6. The number of aromatic amines is 1. The highest BCUT2D eigenvalue weighted by Crippen LogP contribution is 2.35. The number of rotatable bonds is 4. The summed E-state index contributed by atoms with van der Waals surface area (Å²) in [6.07, 6.45) is 1.12. The first-order valence-electron chi connectivity index (χ1n) is 9.41. The molecule has 1 unspecified atom stereocenters. The molecule has 4 rings (SSSR count). The summed E-state index contributed by atoms with van der Waals surface area (Å²) in [5.74, 6) is 0.0837. The maximum atomic E-state index is 13.2. The van der Waals surface area contributed by atoms with E-state index in [1.165, 1.54) is 10.9 Å². The first-order valence-corrected chi connectivity index (χ1v) is 10.2. The predicted molar refractivity (Wildman–Crippen MR) is 115 cm³/mol. The summed E-state index contributed by atoms with van der Waals surface area (Å²) in [5, 5.41) is 2.37. The van der Waals surface area contributed by atoms with E-state index in [-0.39, 0.29) is 18.4 Å². The molecule has 3 aromatic rings. The van der Waals surface area contributed by atoms with Gasteiger partial charge in [0.1, 0.15) is 0 Å². The Morgan fingerprint density at radius 1 is 1.21 bits per heavy atom. The van der Waals surface area contributed by atoms with E-state index in [0.29, 0.717) is 16.6 Å². The molecular formula is C22H23Cl2N3O. The highest BCUT2D eigenvalue weighted by molar-refractivity contribution is 6.35. The molecule has 1 aliphatic rings. The van der Waals surface area contributed by atoms with Gasteiger partial charge in [0.05, 0.1) is 12.5 Å². The third-order valence-corrected chi connectivity index (χ3v) is 5.96. The van der Waals surface area contributed by atoms with Crippen molar-refractivity contribution in [3.63, 3.8) is 0 Å². The van der Waals surface area contributed by atoms with Gasteiger partial charge in [0.25, 0.3) is 0 Å². The number of amides is 1. The van der Waals surface area contributed by atoms with Crippen molar-refractivity contribution < 1.29 is 4.79 Å². The van der Waals surface area contributed by atoms with E-state index in [1.54, 1.807) is 12.1 Å². The fraction of sp³-hybridized carbons (Fsp3) is 0.318. The first kappa shape index (κ1) is 19.3. The molecule has 0 fully saturated rings. The van der Waals surface area contributed by atoms with Gasteiger partial charge in [-0.25, -0.2) is 0 Å². The largest absolute Gasteiger partial charge is 0.356 e. The van der Waals surface area contributed by atoms with E-state index in [4.69, 9.17) is 23.2 Å². The van der Waals surface area contributed by atoms with Gasteiger partial charge in [-0.15, -0.1) is 0 Å². The molecule has 0 saturated heterocycles. The lowest BCUT2D eigenvalue weighted by atomic mass is 9.96. The smallest absolute Gasteiger partial charge is 0.227 e. The quantitative estimate of drug-likeness (QED) is 0.670. The van der Waals surface area contributed by atoms with Crippen LogP contribution in [0.5, 0.6) is 0 Å². The van der Waals surface area contributed by atoms with Crippen LogP contribution in [-0.2, 0) is 17.6 Å². The van der Waals surface area contributed by atoms with Crippen LogP contribution in [0.15, 0.2) is 42.5 Å². The summed E-state index contributed by atoms with van der Waals surface area (Å²) < 4.78 is 0. The van der Waals surface area contributed by atoms with E-state index in [1.807, 2.05) is 31.1 Å². The SMILES string of the molecule is CN(C)CC1c2[nH]c3ccccc3c2CCN1C(=O)Cc1ccc(Cl)cc1Cl. The van der Waals surface area contributed by atoms with Crippen molar-refractivity contribution in [1.82, 2.24) is 14.8 Å². The van der Waals surface area contributed by atoms with Crippen molar-refractivity contribution in [1.29, 1.82) is 0 Å². The second-order valence-corrected chi connectivity index (χ2v) is 8.43. The molecule has 6 heteroatoms. The van der Waals surface area contributed by atoms with E-state index in [2.05, 4.69) is 28.1 Å². The second kappa shape index (κ2) is 7.78. The minimum Gasteiger partial charge on any atom is -0.356 e. The highest BCUT2D eigenvalue weighted by Gasteiger charge is 2.33. The van der Waals surface area contributed by atoms with Gasteiger partial charge in [-0.05, 0) is 49.8 Å². The van der Waals surface area contributed by atoms with Crippen molar-refractivity contribution in [2.75, 3.05) is 27.2 Å². The number of nitrogens with zero attached hydrogens (tertiary/aromatic N) is 2. The van der Waals surface area contributed by atoms with Crippen LogP contribution in [0.1, 0.15) is 22.9 Å². The average molecular weight is 416 g/mol. The van der Waals surface area contributed by atoms with Crippen LogP contribution in [0, 0.1) is 0 Å². The number of hydrogen-bond donors (Lipinski definition) is 1. The lowest BCUT2D eigenvalue weighted by Crippen LogP contribution is -2.44. The van der Waals surface area contributed by atoms with E-state index < -0.39 is 0 Å². The van der Waals surface area contributed by atoms with Crippen molar-refractivity contribution in [2.24, 2.45) is 0 Å². The van der Waals surface area contributed by atoms with Crippen molar-refractivity contribution in [3.8, 4) is 0 Å². The van der Waals surface area contributed by atoms with E-state index in [9.17, 15) is 4.79 Å². The fourth-order valence-corrected chi connectivity index (χ4v) is 4.56. The van der Waals surface area contributed by atoms with E-state index in [0.717, 1.165) is 29.7 Å². The summed E-state index contributed by atoms with van der Waals surface area (Å²) in [7, 11) is 4.07. The molecule has 4 nitrogen and oxygen atoms in total. The predicted octanol–water partition coefficient (Wildman–Crippen LogP) is 4.70. The number of fused-ring (bicyclic) bond motifs is 3. The van der Waals surface area contributed by atoms with Crippen molar-refractivity contribution >= 4 is 40.0 Å². The molecule has 2 heterocycles. The number of para-hydroxylation sites is 1. The third kappa shape index (κ3) is 3.64. The molecule has 28 heavy (non-hydrogen) atoms. The Labute approximate surface area is 175 Å². The van der Waals surface area contributed by atoms with Crippen LogP contribution in [0.25, 0.3) is 10.9 Å². The molecule has 0 radical (unpaired) electrons. The zero-order valence-corrected chi connectivity index (χ0v) is 17.5. The Morgan fingerprint density at radius 3 is 2.75 bits per heavy atom. The molecule has 1 N–H and O–H groups in total. The maximum Gasteiger partial charge on any atom is 0.227 e. The number of likely N-dealkylation sites (N-methyl/N-ethyl adjacent to an activating group) is 1. The average Bonchev–Trinajstić information content (AvgIpc) is 3.03. The van der Waals surface area contributed by atoms with Crippen LogP contribution >= 0.6 is 23.2 Å². The van der Waals surface area contributed by atoms with Crippen LogP contribution in [0.3, 0.4) is 0 Å². The molecule has 0 saturated carbocycles. The fourth-order valence-electron chi connectivity index (χ4n) is 4.08. The Kier molecular flexibility index (Phi) is 5.37. The van der Waals surface area contributed by atoms with Gasteiger partial charge in [-0.1, -0.05) is 47.5 Å². The number of carbonyl (C=O) groups excluding carboxylic acids is 1. The summed E-state index contributed by atoms with van der Waals surface area (Å²) in [5.41, 5.74) is 4.42. The Bertz CT molecular complexity index is 1030. The Morgan fingerprint density at radius 2 is 2.00 bits per heavy atom. The number of halogens is 2. The standard InChI is InChI=1S/C22H23Cl2N3O/c1-26(2)13-20-22-17(16-5-3-4-6-19(16)25-22)9-10-27(20)21(28)11-14-7-8-15(23)12-18(14)24/h3-8,12,20,25H,9-11,13H2,1-2H3. The van der Waals surface area contributed by atoms with Crippen LogP contribution in [0.4, 0.5) is 0 Å². The summed E-state index contributed by atoms with van der Waals surface area (Å²) in [6, 6.07) is 13.6. The molecule has 0 aliphatic carbocycles. The lowest BCUT2D eigenvalue weighted by Gasteiger charge is -2.37. The number of aromatic nitrogens is 1. The molecular weight excluding hydrogens is 393 g/mol. The summed E-state index contributed by atoms with van der Waals surface area (Å²) in [4.78, 5) is 20.9. The number of carbonyl (C=O) groups is 1. The van der Waals surface area contributed by atoms with Crippen LogP contribution in [0.2, 0.25) is 10.0 Å². The maximum absolute atomic E-state index is 13.2. The van der Waals surface area contributed by atoms with Gasteiger partial charge in [0.2, 0.25) is 5.91 Å². The molecule has 0 spiro atoms.